The maximum absolute atomic E-state index is 3.70. The maximum Gasteiger partial charge on any atom is 0.0511 e. The minimum absolute atomic E-state index is 0.789. The number of aryl methyl sites for hydroxylation is 1. The number of halogens is 1. The van der Waals surface area contributed by atoms with Crippen LogP contribution in [0.2, 0.25) is 0 Å². The topological polar surface area (TPSA) is 6.48 Å². The summed E-state index contributed by atoms with van der Waals surface area (Å²) in [7, 11) is 0. The van der Waals surface area contributed by atoms with Crippen molar-refractivity contribution in [2.45, 2.75) is 25.8 Å². The fourth-order valence-corrected chi connectivity index (χ4v) is 3.82. The molecule has 0 aromatic heterocycles. The summed E-state index contributed by atoms with van der Waals surface area (Å²) in [4.78, 5) is 5.19. The van der Waals surface area contributed by atoms with Crippen molar-refractivity contribution in [3.05, 3.63) is 28.2 Å². The molecule has 2 aliphatic rings. The molecule has 1 unspecified atom stereocenters. The Bertz CT molecular complexity index is 419. The highest BCUT2D eigenvalue weighted by molar-refractivity contribution is 9.10. The third kappa shape index (κ3) is 2.23. The fourth-order valence-electron chi connectivity index (χ4n) is 3.08. The van der Waals surface area contributed by atoms with Gasteiger partial charge < -0.3 is 4.90 Å². The van der Waals surface area contributed by atoms with Crippen LogP contribution in [0.25, 0.3) is 0 Å². The Morgan fingerprint density at radius 3 is 2.94 bits per heavy atom. The molecule has 2 aliphatic heterocycles. The highest BCUT2D eigenvalue weighted by Gasteiger charge is 2.30. The van der Waals surface area contributed by atoms with Crippen LogP contribution in [0.4, 0.5) is 5.69 Å². The molecule has 2 fully saturated rings. The molecule has 0 N–H and O–H groups in total. The summed E-state index contributed by atoms with van der Waals surface area (Å²) in [6.45, 7) is 7.04. The van der Waals surface area contributed by atoms with Gasteiger partial charge in [-0.05, 0) is 59.9 Å². The lowest BCUT2D eigenvalue weighted by atomic mass is 10.1. The van der Waals surface area contributed by atoms with E-state index in [0.717, 1.165) is 12.6 Å². The number of hydrogen-bond donors (Lipinski definition) is 0. The number of hydrogen-bond acceptors (Lipinski definition) is 2. The van der Waals surface area contributed by atoms with Crippen LogP contribution in [0, 0.1) is 6.92 Å². The summed E-state index contributed by atoms with van der Waals surface area (Å²) < 4.78 is 1.24. The molecule has 2 heterocycles. The number of anilines is 1. The Labute approximate surface area is 112 Å². The van der Waals surface area contributed by atoms with Crippen LogP contribution in [0.15, 0.2) is 22.7 Å². The molecule has 1 aromatic carbocycles. The van der Waals surface area contributed by atoms with E-state index >= 15 is 0 Å². The van der Waals surface area contributed by atoms with E-state index in [4.69, 9.17) is 0 Å². The van der Waals surface area contributed by atoms with Gasteiger partial charge in [-0.15, -0.1) is 0 Å². The highest BCUT2D eigenvalue weighted by atomic mass is 79.9. The zero-order chi connectivity index (χ0) is 11.8. The van der Waals surface area contributed by atoms with Crippen molar-refractivity contribution < 1.29 is 0 Å². The second-order valence-corrected chi connectivity index (χ2v) is 6.09. The molecule has 2 saturated heterocycles. The van der Waals surface area contributed by atoms with E-state index in [1.165, 1.54) is 48.2 Å². The lowest BCUT2D eigenvalue weighted by Gasteiger charge is -2.39. The molecule has 3 heteroatoms. The molecule has 92 valence electrons. The second-order valence-electron chi connectivity index (χ2n) is 5.23. The zero-order valence-corrected chi connectivity index (χ0v) is 11.9. The molecular weight excluding hydrogens is 276 g/mol. The Morgan fingerprint density at radius 2 is 2.12 bits per heavy atom. The molecular formula is C14H19BrN2. The molecule has 2 nitrogen and oxygen atoms in total. The summed E-state index contributed by atoms with van der Waals surface area (Å²) in [5.74, 6) is 0. The summed E-state index contributed by atoms with van der Waals surface area (Å²) >= 11 is 3.70. The predicted molar refractivity (Wildman–Crippen MR) is 75.7 cm³/mol. The first-order chi connectivity index (χ1) is 8.24. The van der Waals surface area contributed by atoms with Crippen LogP contribution in [0.5, 0.6) is 0 Å². The maximum atomic E-state index is 3.70. The van der Waals surface area contributed by atoms with Crippen LogP contribution < -0.4 is 4.90 Å². The highest BCUT2D eigenvalue weighted by Crippen LogP contribution is 2.31. The normalized spacial score (nSPS) is 25.1. The van der Waals surface area contributed by atoms with Gasteiger partial charge in [-0.25, -0.2) is 0 Å². The molecule has 0 aliphatic carbocycles. The first-order valence-electron chi connectivity index (χ1n) is 6.49. The van der Waals surface area contributed by atoms with Crippen molar-refractivity contribution in [2.75, 3.05) is 31.1 Å². The number of nitrogens with zero attached hydrogens (tertiary/aromatic N) is 2. The molecule has 1 atom stereocenters. The average Bonchev–Trinajstić information content (AvgIpc) is 2.75. The molecule has 0 bridgehead atoms. The molecule has 0 saturated carbocycles. The molecule has 0 radical (unpaired) electrons. The molecule has 0 amide bonds. The first-order valence-corrected chi connectivity index (χ1v) is 7.28. The molecule has 1 aromatic rings. The molecule has 0 spiro atoms. The van der Waals surface area contributed by atoms with Crippen LogP contribution >= 0.6 is 15.9 Å². The van der Waals surface area contributed by atoms with Gasteiger partial charge in [-0.2, -0.15) is 0 Å². The van der Waals surface area contributed by atoms with Crippen molar-refractivity contribution in [1.82, 2.24) is 4.90 Å². The van der Waals surface area contributed by atoms with E-state index in [-0.39, 0.29) is 0 Å². The van der Waals surface area contributed by atoms with Crippen molar-refractivity contribution in [1.29, 1.82) is 0 Å². The quantitative estimate of drug-likeness (QED) is 0.786. The lowest BCUT2D eigenvalue weighted by Crippen LogP contribution is -2.50. The van der Waals surface area contributed by atoms with Gasteiger partial charge in [0, 0.05) is 30.1 Å². The summed E-state index contributed by atoms with van der Waals surface area (Å²) in [6, 6.07) is 7.47. The van der Waals surface area contributed by atoms with Crippen LogP contribution in [-0.4, -0.2) is 37.1 Å². The third-order valence-corrected chi connectivity index (χ3v) is 4.67. The van der Waals surface area contributed by atoms with Crippen molar-refractivity contribution in [3.63, 3.8) is 0 Å². The Morgan fingerprint density at radius 1 is 1.24 bits per heavy atom. The Balaban J connectivity index is 1.80. The number of benzene rings is 1. The van der Waals surface area contributed by atoms with E-state index in [1.807, 2.05) is 0 Å². The van der Waals surface area contributed by atoms with Crippen molar-refractivity contribution in [2.24, 2.45) is 0 Å². The van der Waals surface area contributed by atoms with E-state index in [0.29, 0.717) is 0 Å². The number of rotatable bonds is 1. The van der Waals surface area contributed by atoms with Crippen LogP contribution in [-0.2, 0) is 0 Å². The minimum Gasteiger partial charge on any atom is -0.368 e. The number of fused-ring (bicyclic) bond motifs is 1. The van der Waals surface area contributed by atoms with Gasteiger partial charge in [0.25, 0.3) is 0 Å². The van der Waals surface area contributed by atoms with Gasteiger partial charge in [0.2, 0.25) is 0 Å². The second kappa shape index (κ2) is 4.62. The Hall–Kier alpha value is -0.540. The van der Waals surface area contributed by atoms with Crippen molar-refractivity contribution in [3.8, 4) is 0 Å². The smallest absolute Gasteiger partial charge is 0.0511 e. The van der Waals surface area contributed by atoms with Gasteiger partial charge in [0.15, 0.2) is 0 Å². The average molecular weight is 295 g/mol. The van der Waals surface area contributed by atoms with E-state index in [9.17, 15) is 0 Å². The minimum atomic E-state index is 0.789. The fraction of sp³-hybridized carbons (Fsp3) is 0.571. The first kappa shape index (κ1) is 11.5. The van der Waals surface area contributed by atoms with Gasteiger partial charge in [-0.1, -0.05) is 6.07 Å². The van der Waals surface area contributed by atoms with Crippen LogP contribution in [0.3, 0.4) is 0 Å². The lowest BCUT2D eigenvalue weighted by molar-refractivity contribution is 0.231. The Kier molecular flexibility index (Phi) is 3.14. The van der Waals surface area contributed by atoms with Crippen molar-refractivity contribution >= 4 is 21.6 Å². The molecule has 17 heavy (non-hydrogen) atoms. The number of piperazine rings is 1. The third-order valence-electron chi connectivity index (χ3n) is 4.03. The standard InChI is InChI=1S/C14H19BrN2/c1-11-4-5-14(13(15)9-11)17-8-7-16-6-2-3-12(16)10-17/h4-5,9,12H,2-3,6-8,10H2,1H3. The summed E-state index contributed by atoms with van der Waals surface area (Å²) in [5.41, 5.74) is 2.68. The SMILES string of the molecule is Cc1ccc(N2CCN3CCCC3C2)c(Br)c1. The monoisotopic (exact) mass is 294 g/mol. The van der Waals surface area contributed by atoms with E-state index < -0.39 is 0 Å². The largest absolute Gasteiger partial charge is 0.368 e. The molecule has 3 rings (SSSR count). The summed E-state index contributed by atoms with van der Waals surface area (Å²) in [6.07, 6.45) is 2.76. The van der Waals surface area contributed by atoms with Gasteiger partial charge in [-0.3, -0.25) is 4.90 Å². The van der Waals surface area contributed by atoms with E-state index in [2.05, 4.69) is 50.9 Å². The van der Waals surface area contributed by atoms with Gasteiger partial charge in [0.05, 0.1) is 5.69 Å². The summed E-state index contributed by atoms with van der Waals surface area (Å²) in [5, 5.41) is 0. The van der Waals surface area contributed by atoms with Gasteiger partial charge >= 0.3 is 0 Å². The predicted octanol–water partition coefficient (Wildman–Crippen LogP) is 3.04. The zero-order valence-electron chi connectivity index (χ0n) is 10.3. The van der Waals surface area contributed by atoms with Crippen LogP contribution in [0.1, 0.15) is 18.4 Å². The van der Waals surface area contributed by atoms with Gasteiger partial charge in [0.1, 0.15) is 0 Å². The van der Waals surface area contributed by atoms with E-state index in [1.54, 1.807) is 0 Å².